The Balaban J connectivity index is 0.00000468. The molecule has 0 radical (unpaired) electrons. The van der Waals surface area contributed by atoms with Crippen molar-refractivity contribution in [3.8, 4) is 0 Å². The third kappa shape index (κ3) is 8.47. The SMILES string of the molecule is CC1=NC(Cc2ccc(C(c3cc(C(C)(C)C)cc(C(C)(C)C)c3)c3ccc(C(c4ccc(I)cc4)c4ccc(Br)[n-]4)[nH]3)[n-]2)C(C)(C)C1.[Zn+2]. The number of hydrogen-bond acceptors (Lipinski definition) is 1. The quantitative estimate of drug-likeness (QED) is 0.125. The van der Waals surface area contributed by atoms with Gasteiger partial charge in [-0.1, -0.05) is 131 Å². The topological polar surface area (TPSA) is 56.4 Å². The molecular weight excluding hydrogens is 833 g/mol. The molecule has 0 amide bonds. The van der Waals surface area contributed by atoms with Gasteiger partial charge in [-0.25, -0.2) is 0 Å². The molecule has 0 bridgehead atoms. The van der Waals surface area contributed by atoms with Gasteiger partial charge in [-0.05, 0) is 105 Å². The van der Waals surface area contributed by atoms with Crippen LogP contribution in [0.25, 0.3) is 0 Å². The Bertz CT molecular complexity index is 1900. The van der Waals surface area contributed by atoms with Crippen LogP contribution in [0.4, 0.5) is 0 Å². The van der Waals surface area contributed by atoms with E-state index in [0.29, 0.717) is 0 Å². The van der Waals surface area contributed by atoms with Crippen LogP contribution in [-0.2, 0) is 36.7 Å². The minimum atomic E-state index is -0.0607. The van der Waals surface area contributed by atoms with Crippen LogP contribution in [0.5, 0.6) is 0 Å². The van der Waals surface area contributed by atoms with Gasteiger partial charge in [0.05, 0.1) is 6.04 Å². The molecule has 1 aliphatic rings. The van der Waals surface area contributed by atoms with E-state index >= 15 is 0 Å². The second-order valence-corrected chi connectivity index (χ2v) is 18.5. The molecule has 252 valence electrons. The van der Waals surface area contributed by atoms with Gasteiger partial charge in [-0.15, -0.1) is 11.4 Å². The van der Waals surface area contributed by atoms with Crippen molar-refractivity contribution in [2.75, 3.05) is 0 Å². The molecule has 49 heavy (non-hydrogen) atoms. The fraction of sp³-hybridized carbons (Fsp3) is 0.405. The Morgan fingerprint density at radius 2 is 1.35 bits per heavy atom. The molecule has 0 spiro atoms. The zero-order valence-electron chi connectivity index (χ0n) is 30.5. The van der Waals surface area contributed by atoms with Crippen LogP contribution in [-0.4, -0.2) is 16.7 Å². The summed E-state index contributed by atoms with van der Waals surface area (Å²) in [6.07, 6.45) is 1.90. The fourth-order valence-corrected chi connectivity index (χ4v) is 7.81. The summed E-state index contributed by atoms with van der Waals surface area (Å²) in [7, 11) is 0. The van der Waals surface area contributed by atoms with Crippen LogP contribution >= 0.6 is 38.5 Å². The number of benzene rings is 2. The molecular formula is C42H48BrIN4Zn. The second kappa shape index (κ2) is 14.4. The van der Waals surface area contributed by atoms with E-state index in [1.807, 2.05) is 6.07 Å². The van der Waals surface area contributed by atoms with E-state index in [1.54, 1.807) is 0 Å². The van der Waals surface area contributed by atoms with Crippen LogP contribution in [0.2, 0.25) is 0 Å². The van der Waals surface area contributed by atoms with Crippen LogP contribution in [0.3, 0.4) is 0 Å². The van der Waals surface area contributed by atoms with E-state index in [9.17, 15) is 0 Å². The van der Waals surface area contributed by atoms with Gasteiger partial charge in [0.2, 0.25) is 0 Å². The minimum Gasteiger partial charge on any atom is -0.664 e. The summed E-state index contributed by atoms with van der Waals surface area (Å²) in [5.41, 5.74) is 12.0. The largest absolute Gasteiger partial charge is 2.00 e. The smallest absolute Gasteiger partial charge is 0.664 e. The van der Waals surface area contributed by atoms with Gasteiger partial charge in [-0.2, -0.15) is 5.69 Å². The molecule has 3 unspecified atom stereocenters. The van der Waals surface area contributed by atoms with E-state index in [-0.39, 0.29) is 53.6 Å². The van der Waals surface area contributed by atoms with Gasteiger partial charge >= 0.3 is 19.5 Å². The summed E-state index contributed by atoms with van der Waals surface area (Å²) in [5, 5.41) is 0. The predicted octanol–water partition coefficient (Wildman–Crippen LogP) is 11.1. The average Bonchev–Trinajstić information content (AvgIpc) is 3.79. The normalized spacial score (nSPS) is 17.4. The molecule has 4 heterocycles. The maximum absolute atomic E-state index is 5.38. The van der Waals surface area contributed by atoms with E-state index in [1.165, 1.54) is 31.5 Å². The third-order valence-electron chi connectivity index (χ3n) is 9.91. The van der Waals surface area contributed by atoms with Crippen LogP contribution in [0.1, 0.15) is 131 Å². The van der Waals surface area contributed by atoms with Gasteiger partial charge in [-0.3, -0.25) is 4.99 Å². The predicted molar refractivity (Wildman–Crippen MR) is 212 cm³/mol. The molecule has 1 aliphatic heterocycles. The molecule has 0 fully saturated rings. The van der Waals surface area contributed by atoms with Crippen molar-refractivity contribution in [3.63, 3.8) is 0 Å². The van der Waals surface area contributed by atoms with Gasteiger partial charge in [0.15, 0.2) is 0 Å². The van der Waals surface area contributed by atoms with Crippen LogP contribution < -0.4 is 9.97 Å². The van der Waals surface area contributed by atoms with Gasteiger partial charge in [0.25, 0.3) is 0 Å². The Morgan fingerprint density at radius 3 is 1.86 bits per heavy atom. The number of nitrogens with one attached hydrogen (secondary N) is 1. The standard InChI is InChI=1S/C42H48BrIN4.Zn/c1-25-24-42(8,9)36(45-25)23-31-14-15-32(46-31)39(27-20-28(40(2,3)4)22-29(21-27)41(5,6)7)34-17-16-33(47-34)38(35-18-19-37(43)48-35)26-10-12-30(44)13-11-26;/h10-22,36,38-39,47H,23-24H2,1-9H3;/q-2;+2. The van der Waals surface area contributed by atoms with Crippen LogP contribution in [0.15, 0.2) is 88.5 Å². The molecule has 0 saturated heterocycles. The zero-order chi connectivity index (χ0) is 34.6. The van der Waals surface area contributed by atoms with Crippen molar-refractivity contribution in [3.05, 3.63) is 138 Å². The Labute approximate surface area is 328 Å². The molecule has 3 atom stereocenters. The number of aromatic nitrogens is 3. The number of aromatic amines is 1. The number of hydrogen-bond donors (Lipinski definition) is 1. The molecule has 0 saturated carbocycles. The minimum absolute atomic E-state index is 0. The van der Waals surface area contributed by atoms with Crippen molar-refractivity contribution < 1.29 is 19.5 Å². The molecule has 5 aromatic rings. The Hall–Kier alpha value is -2.22. The second-order valence-electron chi connectivity index (χ2n) is 16.4. The van der Waals surface area contributed by atoms with Crippen molar-refractivity contribution in [2.24, 2.45) is 10.4 Å². The molecule has 0 aliphatic carbocycles. The Morgan fingerprint density at radius 1 is 0.796 bits per heavy atom. The average molecular weight is 881 g/mol. The van der Waals surface area contributed by atoms with E-state index in [2.05, 4.69) is 179 Å². The maximum Gasteiger partial charge on any atom is 2.00 e. The number of aliphatic imine (C=N–C) groups is 1. The number of rotatable bonds is 8. The summed E-state index contributed by atoms with van der Waals surface area (Å²) in [6.45, 7) is 20.7. The number of halogens is 2. The third-order valence-corrected chi connectivity index (χ3v) is 11.1. The molecule has 6 rings (SSSR count). The van der Waals surface area contributed by atoms with Crippen molar-refractivity contribution in [1.29, 1.82) is 0 Å². The first-order valence-corrected chi connectivity index (χ1v) is 18.9. The van der Waals surface area contributed by atoms with Crippen LogP contribution in [0, 0.1) is 8.99 Å². The van der Waals surface area contributed by atoms with Crippen molar-refractivity contribution in [1.82, 2.24) is 15.0 Å². The van der Waals surface area contributed by atoms with E-state index in [0.717, 1.165) is 45.9 Å². The van der Waals surface area contributed by atoms with Gasteiger partial charge in [0, 0.05) is 32.5 Å². The molecule has 1 N–H and O–H groups in total. The molecule has 2 aromatic carbocycles. The van der Waals surface area contributed by atoms with E-state index < -0.39 is 0 Å². The first kappa shape index (κ1) is 38.0. The summed E-state index contributed by atoms with van der Waals surface area (Å²) in [6, 6.07) is 29.4. The first-order valence-electron chi connectivity index (χ1n) is 17.0. The fourth-order valence-electron chi connectivity index (χ4n) is 7.12. The van der Waals surface area contributed by atoms with Crippen molar-refractivity contribution in [2.45, 2.75) is 104 Å². The summed E-state index contributed by atoms with van der Waals surface area (Å²) < 4.78 is 2.07. The zero-order valence-corrected chi connectivity index (χ0v) is 37.2. The maximum atomic E-state index is 5.38. The number of H-pyrrole nitrogens is 1. The molecule has 4 nitrogen and oxygen atoms in total. The molecule has 3 aromatic heterocycles. The summed E-state index contributed by atoms with van der Waals surface area (Å²) in [5.74, 6) is -0.0860. The van der Waals surface area contributed by atoms with Crippen molar-refractivity contribution >= 4 is 44.2 Å². The molecule has 7 heteroatoms. The van der Waals surface area contributed by atoms with Gasteiger partial charge in [0.1, 0.15) is 0 Å². The summed E-state index contributed by atoms with van der Waals surface area (Å²) >= 11 is 5.97. The van der Waals surface area contributed by atoms with Gasteiger partial charge < -0.3 is 15.0 Å². The Kier molecular flexibility index (Phi) is 11.2. The monoisotopic (exact) mass is 878 g/mol. The first-order chi connectivity index (χ1) is 22.5. The van der Waals surface area contributed by atoms with E-state index in [4.69, 9.17) is 15.0 Å². The number of nitrogens with zero attached hydrogens (tertiary/aromatic N) is 3. The summed E-state index contributed by atoms with van der Waals surface area (Å²) in [4.78, 5) is 19.2.